The summed E-state index contributed by atoms with van der Waals surface area (Å²) < 4.78 is 0. The lowest BCUT2D eigenvalue weighted by atomic mass is 9.81. The molecule has 0 aromatic carbocycles. The Morgan fingerprint density at radius 1 is 1.06 bits per heavy atom. The Kier molecular flexibility index (Phi) is 5.48. The molecule has 1 N–H and O–H groups in total. The summed E-state index contributed by atoms with van der Waals surface area (Å²) in [5.74, 6) is 0. The lowest BCUT2D eigenvalue weighted by Crippen LogP contribution is -2.17. The summed E-state index contributed by atoms with van der Waals surface area (Å²) in [6.07, 6.45) is 6.36. The van der Waals surface area contributed by atoms with Crippen LogP contribution in [0.25, 0.3) is 0 Å². The molecule has 0 saturated carbocycles. The monoisotopic (exact) mass is 224 g/mol. The highest BCUT2D eigenvalue weighted by atomic mass is 16.3. The molecule has 0 aromatic heterocycles. The smallest absolute Gasteiger partial charge is 0.0774 e. The van der Waals surface area contributed by atoms with Crippen molar-refractivity contribution in [2.45, 2.75) is 66.9 Å². The van der Waals surface area contributed by atoms with Crippen LogP contribution in [0.4, 0.5) is 0 Å². The third-order valence-electron chi connectivity index (χ3n) is 2.42. The summed E-state index contributed by atoms with van der Waals surface area (Å²) in [6, 6.07) is 0. The molecule has 0 aliphatic rings. The molecule has 0 aliphatic carbocycles. The molecule has 0 rings (SSSR count). The minimum atomic E-state index is -0.698. The molecule has 0 atom stereocenters. The van der Waals surface area contributed by atoms with Gasteiger partial charge in [0.25, 0.3) is 0 Å². The number of rotatable bonds is 5. The molecule has 0 unspecified atom stereocenters. The van der Waals surface area contributed by atoms with Crippen molar-refractivity contribution in [1.82, 2.24) is 0 Å². The molecule has 0 saturated heterocycles. The van der Waals surface area contributed by atoms with Gasteiger partial charge in [-0.15, -0.1) is 0 Å². The van der Waals surface area contributed by atoms with Crippen molar-refractivity contribution in [3.63, 3.8) is 0 Å². The van der Waals surface area contributed by atoms with Crippen molar-refractivity contribution in [1.29, 1.82) is 0 Å². The van der Waals surface area contributed by atoms with E-state index in [1.165, 1.54) is 11.1 Å². The van der Waals surface area contributed by atoms with E-state index in [4.69, 9.17) is 0 Å². The first-order chi connectivity index (χ1) is 7.02. The van der Waals surface area contributed by atoms with Gasteiger partial charge in [-0.05, 0) is 52.9 Å². The van der Waals surface area contributed by atoms with Crippen molar-refractivity contribution >= 4 is 0 Å². The second kappa shape index (κ2) is 5.67. The fraction of sp³-hybridized carbons (Fsp3) is 0.733. The van der Waals surface area contributed by atoms with Crippen molar-refractivity contribution in [2.24, 2.45) is 5.41 Å². The van der Waals surface area contributed by atoms with Gasteiger partial charge in [0, 0.05) is 0 Å². The van der Waals surface area contributed by atoms with Crippen molar-refractivity contribution in [2.75, 3.05) is 0 Å². The highest BCUT2D eigenvalue weighted by Gasteiger charge is 2.18. The van der Waals surface area contributed by atoms with Gasteiger partial charge >= 0.3 is 0 Å². The summed E-state index contributed by atoms with van der Waals surface area (Å²) in [6.45, 7) is 14.6. The van der Waals surface area contributed by atoms with Crippen LogP contribution < -0.4 is 0 Å². The van der Waals surface area contributed by atoms with Gasteiger partial charge < -0.3 is 5.11 Å². The molecule has 0 aromatic rings. The Morgan fingerprint density at radius 3 is 1.94 bits per heavy atom. The standard InChI is InChI=1S/C15H28O/c1-12(2)8-9-14(4,5)10-13(3)11-15(6,7)16/h8,11,16H,9-10H2,1-7H3/b13-11+. The van der Waals surface area contributed by atoms with Crippen LogP contribution in [0.15, 0.2) is 23.3 Å². The fourth-order valence-electron chi connectivity index (χ4n) is 1.96. The second-order valence-electron chi connectivity index (χ2n) is 6.47. The van der Waals surface area contributed by atoms with Gasteiger partial charge in [0.05, 0.1) is 5.60 Å². The first kappa shape index (κ1) is 15.4. The first-order valence-corrected chi connectivity index (χ1v) is 6.06. The van der Waals surface area contributed by atoms with Crippen LogP contribution in [0.3, 0.4) is 0 Å². The number of hydrogen-bond acceptors (Lipinski definition) is 1. The van der Waals surface area contributed by atoms with Crippen molar-refractivity contribution < 1.29 is 5.11 Å². The Bertz CT molecular complexity index is 270. The molecule has 0 amide bonds. The van der Waals surface area contributed by atoms with Gasteiger partial charge in [0.1, 0.15) is 0 Å². The number of hydrogen-bond donors (Lipinski definition) is 1. The third kappa shape index (κ3) is 8.72. The number of allylic oxidation sites excluding steroid dienone is 3. The molecule has 0 fully saturated rings. The first-order valence-electron chi connectivity index (χ1n) is 6.06. The van der Waals surface area contributed by atoms with E-state index in [2.05, 4.69) is 40.7 Å². The molecule has 0 bridgehead atoms. The van der Waals surface area contributed by atoms with Crippen LogP contribution in [0.1, 0.15) is 61.3 Å². The lowest BCUT2D eigenvalue weighted by Gasteiger charge is -2.25. The Balaban J connectivity index is 4.48. The minimum absolute atomic E-state index is 0.267. The molecule has 0 spiro atoms. The highest BCUT2D eigenvalue weighted by molar-refractivity contribution is 5.09. The van der Waals surface area contributed by atoms with E-state index in [1.54, 1.807) is 0 Å². The zero-order valence-corrected chi connectivity index (χ0v) is 12.0. The van der Waals surface area contributed by atoms with E-state index in [0.29, 0.717) is 0 Å². The van der Waals surface area contributed by atoms with Gasteiger partial charge in [-0.25, -0.2) is 0 Å². The largest absolute Gasteiger partial charge is 0.386 e. The average molecular weight is 224 g/mol. The zero-order valence-electron chi connectivity index (χ0n) is 12.0. The van der Waals surface area contributed by atoms with Gasteiger partial charge in [0.15, 0.2) is 0 Å². The molecule has 1 heteroatoms. The molecular weight excluding hydrogens is 196 g/mol. The number of aliphatic hydroxyl groups is 1. The van der Waals surface area contributed by atoms with E-state index in [-0.39, 0.29) is 5.41 Å². The van der Waals surface area contributed by atoms with Crippen LogP contribution in [0, 0.1) is 5.41 Å². The van der Waals surface area contributed by atoms with Crippen molar-refractivity contribution in [3.8, 4) is 0 Å². The van der Waals surface area contributed by atoms with Crippen LogP contribution in [0.2, 0.25) is 0 Å². The highest BCUT2D eigenvalue weighted by Crippen LogP contribution is 2.30. The maximum Gasteiger partial charge on any atom is 0.0774 e. The van der Waals surface area contributed by atoms with Crippen LogP contribution in [-0.2, 0) is 0 Å². The third-order valence-corrected chi connectivity index (χ3v) is 2.42. The zero-order chi connectivity index (χ0) is 13.0. The lowest BCUT2D eigenvalue weighted by molar-refractivity contribution is 0.131. The van der Waals surface area contributed by atoms with E-state index >= 15 is 0 Å². The van der Waals surface area contributed by atoms with Crippen LogP contribution in [0.5, 0.6) is 0 Å². The normalized spacial score (nSPS) is 13.9. The summed E-state index contributed by atoms with van der Waals surface area (Å²) in [4.78, 5) is 0. The summed E-state index contributed by atoms with van der Waals surface area (Å²) in [5, 5.41) is 9.71. The Labute approximate surface area is 101 Å². The van der Waals surface area contributed by atoms with Crippen LogP contribution >= 0.6 is 0 Å². The predicted octanol–water partition coefficient (Wildman–Crippen LogP) is 4.48. The van der Waals surface area contributed by atoms with Crippen LogP contribution in [-0.4, -0.2) is 10.7 Å². The quantitative estimate of drug-likeness (QED) is 0.683. The van der Waals surface area contributed by atoms with Gasteiger partial charge in [-0.1, -0.05) is 37.1 Å². The molecule has 1 nitrogen and oxygen atoms in total. The van der Waals surface area contributed by atoms with E-state index in [0.717, 1.165) is 12.8 Å². The SMILES string of the molecule is CC(C)=CCC(C)(C)C/C(C)=C/C(C)(C)O. The minimum Gasteiger partial charge on any atom is -0.386 e. The molecular formula is C15H28O. The second-order valence-corrected chi connectivity index (χ2v) is 6.47. The summed E-state index contributed by atoms with van der Waals surface area (Å²) in [5.41, 5.74) is 2.21. The Hall–Kier alpha value is -0.560. The molecule has 0 radical (unpaired) electrons. The van der Waals surface area contributed by atoms with Crippen molar-refractivity contribution in [3.05, 3.63) is 23.3 Å². The summed E-state index contributed by atoms with van der Waals surface area (Å²) in [7, 11) is 0. The molecule has 0 heterocycles. The predicted molar refractivity (Wildman–Crippen MR) is 72.5 cm³/mol. The fourth-order valence-corrected chi connectivity index (χ4v) is 1.96. The van der Waals surface area contributed by atoms with Gasteiger partial charge in [0.2, 0.25) is 0 Å². The van der Waals surface area contributed by atoms with E-state index < -0.39 is 5.60 Å². The van der Waals surface area contributed by atoms with Gasteiger partial charge in [-0.3, -0.25) is 0 Å². The average Bonchev–Trinajstić information content (AvgIpc) is 1.95. The van der Waals surface area contributed by atoms with E-state index in [9.17, 15) is 5.11 Å². The topological polar surface area (TPSA) is 20.2 Å². The maximum atomic E-state index is 9.71. The Morgan fingerprint density at radius 2 is 1.56 bits per heavy atom. The van der Waals surface area contributed by atoms with E-state index in [1.807, 2.05) is 19.9 Å². The summed E-state index contributed by atoms with van der Waals surface area (Å²) >= 11 is 0. The molecule has 16 heavy (non-hydrogen) atoms. The maximum absolute atomic E-state index is 9.71. The molecule has 94 valence electrons. The van der Waals surface area contributed by atoms with Gasteiger partial charge in [-0.2, -0.15) is 0 Å². The molecule has 0 aliphatic heterocycles.